The number of ether oxygens (including phenoxy) is 1. The summed E-state index contributed by atoms with van der Waals surface area (Å²) in [6.07, 6.45) is 3.74. The average Bonchev–Trinajstić information content (AvgIpc) is 3.31. The number of hydrogen-bond donors (Lipinski definition) is 1. The molecule has 3 rings (SSSR count). The summed E-state index contributed by atoms with van der Waals surface area (Å²) in [5.74, 6) is 0.978. The van der Waals surface area contributed by atoms with Gasteiger partial charge in [-0.1, -0.05) is 35.9 Å². The van der Waals surface area contributed by atoms with Crippen LogP contribution in [0, 0.1) is 0 Å². The maximum Gasteiger partial charge on any atom is 0.120 e. The zero-order valence-electron chi connectivity index (χ0n) is 12.2. The molecule has 1 atom stereocenters. The molecule has 0 bridgehead atoms. The molecule has 110 valence electrons. The van der Waals surface area contributed by atoms with Crippen molar-refractivity contribution in [3.05, 3.63) is 64.7 Å². The van der Waals surface area contributed by atoms with Crippen molar-refractivity contribution < 1.29 is 4.74 Å². The number of rotatable bonds is 6. The van der Waals surface area contributed by atoms with Gasteiger partial charge in [0, 0.05) is 11.1 Å². The molecule has 0 aromatic heterocycles. The lowest BCUT2D eigenvalue weighted by Crippen LogP contribution is -2.18. The molecule has 0 spiro atoms. The number of likely N-dealkylation sites (N-methyl/N-ethyl adjacent to an activating group) is 1. The van der Waals surface area contributed by atoms with Gasteiger partial charge in [-0.25, -0.2) is 0 Å². The van der Waals surface area contributed by atoms with Gasteiger partial charge in [0.1, 0.15) is 5.75 Å². The van der Waals surface area contributed by atoms with Crippen LogP contribution < -0.4 is 10.1 Å². The molecule has 2 aromatic rings. The first kappa shape index (κ1) is 14.4. The highest BCUT2D eigenvalue weighted by molar-refractivity contribution is 6.30. The molecule has 0 aliphatic heterocycles. The van der Waals surface area contributed by atoms with Crippen LogP contribution in [0.2, 0.25) is 5.02 Å². The molecule has 1 aliphatic rings. The Balaban J connectivity index is 1.73. The van der Waals surface area contributed by atoms with E-state index in [1.807, 2.05) is 25.2 Å². The maximum absolute atomic E-state index is 5.94. The van der Waals surface area contributed by atoms with E-state index in [0.29, 0.717) is 6.10 Å². The Bertz CT molecular complexity index is 592. The average molecular weight is 302 g/mol. The van der Waals surface area contributed by atoms with E-state index in [1.165, 1.54) is 24.0 Å². The monoisotopic (exact) mass is 301 g/mol. The topological polar surface area (TPSA) is 21.3 Å². The van der Waals surface area contributed by atoms with E-state index >= 15 is 0 Å². The van der Waals surface area contributed by atoms with Crippen molar-refractivity contribution in [1.82, 2.24) is 5.32 Å². The molecule has 21 heavy (non-hydrogen) atoms. The van der Waals surface area contributed by atoms with Crippen LogP contribution in [0.25, 0.3) is 0 Å². The molecule has 3 heteroatoms. The normalized spacial score (nSPS) is 15.7. The predicted octanol–water partition coefficient (Wildman–Crippen LogP) is 4.38. The van der Waals surface area contributed by atoms with Gasteiger partial charge in [-0.2, -0.15) is 0 Å². The van der Waals surface area contributed by atoms with E-state index in [4.69, 9.17) is 16.3 Å². The maximum atomic E-state index is 5.94. The Morgan fingerprint density at radius 2 is 1.95 bits per heavy atom. The van der Waals surface area contributed by atoms with Gasteiger partial charge in [0.15, 0.2) is 0 Å². The smallest absolute Gasteiger partial charge is 0.120 e. The van der Waals surface area contributed by atoms with Crippen LogP contribution in [0.1, 0.15) is 30.0 Å². The molecule has 1 saturated carbocycles. The third kappa shape index (κ3) is 3.99. The van der Waals surface area contributed by atoms with E-state index < -0.39 is 0 Å². The molecule has 1 aliphatic carbocycles. The van der Waals surface area contributed by atoms with Gasteiger partial charge < -0.3 is 10.1 Å². The standard InChI is InChI=1S/C18H20ClNO/c1-20-18(11-13-5-7-15(19)8-6-13)14-3-2-4-17(12-14)21-16-9-10-16/h2-8,12,16,18,20H,9-11H2,1H3. The van der Waals surface area contributed by atoms with E-state index in [0.717, 1.165) is 17.2 Å². The number of benzene rings is 2. The minimum absolute atomic E-state index is 0.272. The summed E-state index contributed by atoms with van der Waals surface area (Å²) in [4.78, 5) is 0. The predicted molar refractivity (Wildman–Crippen MR) is 87.0 cm³/mol. The molecule has 1 N–H and O–H groups in total. The van der Waals surface area contributed by atoms with Crippen molar-refractivity contribution in [1.29, 1.82) is 0 Å². The fraction of sp³-hybridized carbons (Fsp3) is 0.333. The summed E-state index contributed by atoms with van der Waals surface area (Å²) in [6.45, 7) is 0. The first-order valence-corrected chi connectivity index (χ1v) is 7.81. The van der Waals surface area contributed by atoms with Crippen molar-refractivity contribution >= 4 is 11.6 Å². The Morgan fingerprint density at radius 1 is 1.19 bits per heavy atom. The molecular weight excluding hydrogens is 282 g/mol. The van der Waals surface area contributed by atoms with Crippen molar-refractivity contribution in [3.8, 4) is 5.75 Å². The molecule has 0 radical (unpaired) electrons. The molecule has 0 amide bonds. The van der Waals surface area contributed by atoms with Crippen molar-refractivity contribution in [2.24, 2.45) is 0 Å². The molecule has 2 aromatic carbocycles. The fourth-order valence-electron chi connectivity index (χ4n) is 2.43. The van der Waals surface area contributed by atoms with Crippen LogP contribution in [-0.4, -0.2) is 13.2 Å². The largest absolute Gasteiger partial charge is 0.490 e. The highest BCUT2D eigenvalue weighted by Crippen LogP contribution is 2.29. The third-order valence-electron chi connectivity index (χ3n) is 3.79. The lowest BCUT2D eigenvalue weighted by molar-refractivity contribution is 0.302. The second-order valence-corrected chi connectivity index (χ2v) is 6.00. The first-order valence-electron chi connectivity index (χ1n) is 7.43. The molecule has 0 saturated heterocycles. The molecule has 1 fully saturated rings. The summed E-state index contributed by atoms with van der Waals surface area (Å²) >= 11 is 5.94. The van der Waals surface area contributed by atoms with E-state index in [2.05, 4.69) is 35.6 Å². The van der Waals surface area contributed by atoms with Gasteiger partial charge in [0.2, 0.25) is 0 Å². The summed E-state index contributed by atoms with van der Waals surface area (Å²) in [6, 6.07) is 16.7. The zero-order chi connectivity index (χ0) is 14.7. The Morgan fingerprint density at radius 3 is 2.62 bits per heavy atom. The highest BCUT2D eigenvalue weighted by Gasteiger charge is 2.23. The summed E-state index contributed by atoms with van der Waals surface area (Å²) in [5.41, 5.74) is 2.53. The number of halogens is 1. The highest BCUT2D eigenvalue weighted by atomic mass is 35.5. The van der Waals surface area contributed by atoms with E-state index in [1.54, 1.807) is 0 Å². The zero-order valence-corrected chi connectivity index (χ0v) is 12.9. The van der Waals surface area contributed by atoms with Gasteiger partial charge in [0.05, 0.1) is 6.10 Å². The third-order valence-corrected chi connectivity index (χ3v) is 4.04. The minimum atomic E-state index is 0.272. The Kier molecular flexibility index (Phi) is 4.47. The van der Waals surface area contributed by atoms with Crippen LogP contribution in [0.4, 0.5) is 0 Å². The quantitative estimate of drug-likeness (QED) is 0.854. The van der Waals surface area contributed by atoms with Crippen LogP contribution in [-0.2, 0) is 6.42 Å². The SMILES string of the molecule is CNC(Cc1ccc(Cl)cc1)c1cccc(OC2CC2)c1. The van der Waals surface area contributed by atoms with Gasteiger partial charge in [-0.15, -0.1) is 0 Å². The van der Waals surface area contributed by atoms with Crippen LogP contribution in [0.15, 0.2) is 48.5 Å². The van der Waals surface area contributed by atoms with Crippen LogP contribution >= 0.6 is 11.6 Å². The van der Waals surface area contributed by atoms with Crippen LogP contribution in [0.3, 0.4) is 0 Å². The van der Waals surface area contributed by atoms with Gasteiger partial charge in [-0.05, 0) is 61.7 Å². The lowest BCUT2D eigenvalue weighted by atomic mass is 9.99. The summed E-state index contributed by atoms with van der Waals surface area (Å²) < 4.78 is 5.88. The lowest BCUT2D eigenvalue weighted by Gasteiger charge is -2.18. The first-order chi connectivity index (χ1) is 10.2. The molecule has 0 heterocycles. The molecular formula is C18H20ClNO. The summed E-state index contributed by atoms with van der Waals surface area (Å²) in [5, 5.41) is 4.17. The number of nitrogens with one attached hydrogen (secondary N) is 1. The Hall–Kier alpha value is -1.51. The second-order valence-electron chi connectivity index (χ2n) is 5.56. The van der Waals surface area contributed by atoms with Gasteiger partial charge >= 0.3 is 0 Å². The van der Waals surface area contributed by atoms with E-state index in [-0.39, 0.29) is 6.04 Å². The fourth-order valence-corrected chi connectivity index (χ4v) is 2.55. The molecule has 2 nitrogen and oxygen atoms in total. The van der Waals surface area contributed by atoms with Crippen molar-refractivity contribution in [3.63, 3.8) is 0 Å². The summed E-state index contributed by atoms with van der Waals surface area (Å²) in [7, 11) is 2.00. The number of hydrogen-bond acceptors (Lipinski definition) is 2. The van der Waals surface area contributed by atoms with Gasteiger partial charge in [0.25, 0.3) is 0 Å². The Labute approximate surface area is 131 Å². The van der Waals surface area contributed by atoms with E-state index in [9.17, 15) is 0 Å². The molecule has 1 unspecified atom stereocenters. The minimum Gasteiger partial charge on any atom is -0.490 e. The van der Waals surface area contributed by atoms with Gasteiger partial charge in [-0.3, -0.25) is 0 Å². The van der Waals surface area contributed by atoms with Crippen molar-refractivity contribution in [2.75, 3.05) is 7.05 Å². The van der Waals surface area contributed by atoms with Crippen LogP contribution in [0.5, 0.6) is 5.75 Å². The van der Waals surface area contributed by atoms with Crippen molar-refractivity contribution in [2.45, 2.75) is 31.4 Å². The second kappa shape index (κ2) is 6.50.